The molecular formula is C10H13BrN2O3. The zero-order chi connectivity index (χ0) is 12.0. The first-order chi connectivity index (χ1) is 7.65. The summed E-state index contributed by atoms with van der Waals surface area (Å²) in [5, 5.41) is 0. The molecule has 0 aromatic carbocycles. The summed E-state index contributed by atoms with van der Waals surface area (Å²) < 4.78 is 6.48. The van der Waals surface area contributed by atoms with Crippen LogP contribution in [0.15, 0.2) is 21.8 Å². The molecule has 0 atom stereocenters. The van der Waals surface area contributed by atoms with Gasteiger partial charge in [-0.05, 0) is 22.4 Å². The molecule has 0 N–H and O–H groups in total. The molecule has 0 unspecified atom stereocenters. The Labute approximate surface area is 102 Å². The SMILES string of the molecule is CCCCOC(=O)Cn1cncc(Br)c1=O. The molecule has 88 valence electrons. The van der Waals surface area contributed by atoms with Crippen molar-refractivity contribution in [1.82, 2.24) is 9.55 Å². The molecule has 0 amide bonds. The van der Waals surface area contributed by atoms with Gasteiger partial charge in [0.15, 0.2) is 0 Å². The third-order valence-corrected chi connectivity index (χ3v) is 2.46. The van der Waals surface area contributed by atoms with Gasteiger partial charge in [0.25, 0.3) is 5.56 Å². The number of unbranched alkanes of at least 4 members (excludes halogenated alkanes) is 1. The fourth-order valence-corrected chi connectivity index (χ4v) is 1.40. The fraction of sp³-hybridized carbons (Fsp3) is 0.500. The van der Waals surface area contributed by atoms with Crippen molar-refractivity contribution in [2.45, 2.75) is 26.3 Å². The standard InChI is InChI=1S/C10H13BrN2O3/c1-2-3-4-16-9(14)6-13-7-12-5-8(11)10(13)15/h5,7H,2-4,6H2,1H3. The van der Waals surface area contributed by atoms with E-state index in [-0.39, 0.29) is 12.1 Å². The largest absolute Gasteiger partial charge is 0.464 e. The molecule has 16 heavy (non-hydrogen) atoms. The topological polar surface area (TPSA) is 61.2 Å². The highest BCUT2D eigenvalue weighted by Crippen LogP contribution is 1.98. The van der Waals surface area contributed by atoms with Crippen LogP contribution in [0.2, 0.25) is 0 Å². The number of carbonyl (C=O) groups is 1. The Morgan fingerprint density at radius 2 is 2.38 bits per heavy atom. The summed E-state index contributed by atoms with van der Waals surface area (Å²) in [6.07, 6.45) is 4.50. The second-order valence-corrected chi connectivity index (χ2v) is 4.10. The van der Waals surface area contributed by atoms with Crippen LogP contribution in [-0.2, 0) is 16.1 Å². The van der Waals surface area contributed by atoms with Gasteiger partial charge < -0.3 is 4.74 Å². The van der Waals surface area contributed by atoms with Crippen LogP contribution < -0.4 is 5.56 Å². The van der Waals surface area contributed by atoms with Gasteiger partial charge in [-0.15, -0.1) is 0 Å². The Balaban J connectivity index is 2.56. The first-order valence-electron chi connectivity index (χ1n) is 5.00. The van der Waals surface area contributed by atoms with Crippen molar-refractivity contribution in [2.75, 3.05) is 6.61 Å². The van der Waals surface area contributed by atoms with E-state index in [1.165, 1.54) is 17.1 Å². The number of carbonyl (C=O) groups excluding carboxylic acids is 1. The van der Waals surface area contributed by atoms with Crippen LogP contribution in [-0.4, -0.2) is 22.1 Å². The molecule has 0 aliphatic heterocycles. The Kier molecular flexibility index (Phi) is 5.18. The normalized spacial score (nSPS) is 10.1. The predicted molar refractivity (Wildman–Crippen MR) is 62.1 cm³/mol. The summed E-state index contributed by atoms with van der Waals surface area (Å²) in [5.74, 6) is -0.421. The van der Waals surface area contributed by atoms with Gasteiger partial charge in [-0.25, -0.2) is 4.98 Å². The quantitative estimate of drug-likeness (QED) is 0.606. The van der Waals surface area contributed by atoms with Crippen LogP contribution >= 0.6 is 15.9 Å². The molecule has 6 heteroatoms. The van der Waals surface area contributed by atoms with E-state index in [0.717, 1.165) is 12.8 Å². The minimum absolute atomic E-state index is 0.102. The molecule has 0 aliphatic rings. The van der Waals surface area contributed by atoms with Crippen molar-refractivity contribution < 1.29 is 9.53 Å². The molecule has 5 nitrogen and oxygen atoms in total. The molecule has 0 fully saturated rings. The molecule has 0 radical (unpaired) electrons. The Bertz CT molecular complexity index is 417. The number of hydrogen-bond donors (Lipinski definition) is 0. The van der Waals surface area contributed by atoms with E-state index in [1.54, 1.807) is 0 Å². The molecular weight excluding hydrogens is 276 g/mol. The Morgan fingerprint density at radius 1 is 1.62 bits per heavy atom. The summed E-state index contributed by atoms with van der Waals surface area (Å²) >= 11 is 3.05. The Morgan fingerprint density at radius 3 is 3.06 bits per heavy atom. The molecule has 0 saturated carbocycles. The van der Waals surface area contributed by atoms with Gasteiger partial charge in [0.05, 0.1) is 12.9 Å². The summed E-state index contributed by atoms with van der Waals surface area (Å²) in [7, 11) is 0. The number of rotatable bonds is 5. The summed E-state index contributed by atoms with van der Waals surface area (Å²) in [6, 6.07) is 0. The molecule has 0 spiro atoms. The first kappa shape index (κ1) is 12.9. The number of aromatic nitrogens is 2. The molecule has 1 aromatic rings. The molecule has 0 aliphatic carbocycles. The highest BCUT2D eigenvalue weighted by molar-refractivity contribution is 9.10. The van der Waals surface area contributed by atoms with E-state index >= 15 is 0 Å². The van der Waals surface area contributed by atoms with Crippen LogP contribution in [0.5, 0.6) is 0 Å². The maximum atomic E-state index is 11.5. The van der Waals surface area contributed by atoms with Gasteiger partial charge in [0.2, 0.25) is 0 Å². The number of halogens is 1. The molecule has 1 aromatic heterocycles. The second kappa shape index (κ2) is 6.42. The number of esters is 1. The van der Waals surface area contributed by atoms with Crippen LogP contribution in [0.3, 0.4) is 0 Å². The van der Waals surface area contributed by atoms with Crippen molar-refractivity contribution in [2.24, 2.45) is 0 Å². The lowest BCUT2D eigenvalue weighted by atomic mass is 10.4. The lowest BCUT2D eigenvalue weighted by molar-refractivity contribution is -0.144. The maximum Gasteiger partial charge on any atom is 0.326 e. The van der Waals surface area contributed by atoms with E-state index in [1.807, 2.05) is 6.92 Å². The van der Waals surface area contributed by atoms with E-state index in [2.05, 4.69) is 20.9 Å². The average molecular weight is 289 g/mol. The minimum atomic E-state index is -0.421. The van der Waals surface area contributed by atoms with Crippen molar-refractivity contribution in [1.29, 1.82) is 0 Å². The highest BCUT2D eigenvalue weighted by Gasteiger charge is 2.07. The molecule has 1 rings (SSSR count). The molecule has 0 saturated heterocycles. The highest BCUT2D eigenvalue weighted by atomic mass is 79.9. The third-order valence-electron chi connectivity index (χ3n) is 1.92. The van der Waals surface area contributed by atoms with Gasteiger partial charge in [-0.1, -0.05) is 13.3 Å². The maximum absolute atomic E-state index is 11.5. The van der Waals surface area contributed by atoms with Gasteiger partial charge in [-0.3, -0.25) is 14.2 Å². The molecule has 1 heterocycles. The smallest absolute Gasteiger partial charge is 0.326 e. The van der Waals surface area contributed by atoms with Gasteiger partial charge in [-0.2, -0.15) is 0 Å². The van der Waals surface area contributed by atoms with Gasteiger partial charge in [0.1, 0.15) is 11.0 Å². The van der Waals surface area contributed by atoms with E-state index < -0.39 is 5.97 Å². The van der Waals surface area contributed by atoms with Crippen LogP contribution in [0.1, 0.15) is 19.8 Å². The van der Waals surface area contributed by atoms with E-state index in [9.17, 15) is 9.59 Å². The van der Waals surface area contributed by atoms with Crippen molar-refractivity contribution >= 4 is 21.9 Å². The number of nitrogens with zero attached hydrogens (tertiary/aromatic N) is 2. The monoisotopic (exact) mass is 288 g/mol. The average Bonchev–Trinajstić information content (AvgIpc) is 2.25. The third kappa shape index (κ3) is 3.77. The first-order valence-corrected chi connectivity index (χ1v) is 5.80. The lowest BCUT2D eigenvalue weighted by Crippen LogP contribution is -2.26. The van der Waals surface area contributed by atoms with Crippen LogP contribution in [0, 0.1) is 0 Å². The predicted octanol–water partition coefficient (Wildman–Crippen LogP) is 1.35. The molecule has 0 bridgehead atoms. The lowest BCUT2D eigenvalue weighted by Gasteiger charge is -2.05. The Hall–Kier alpha value is -1.17. The summed E-state index contributed by atoms with van der Waals surface area (Å²) in [6.45, 7) is 2.30. The van der Waals surface area contributed by atoms with Crippen molar-refractivity contribution in [3.8, 4) is 0 Å². The number of hydrogen-bond acceptors (Lipinski definition) is 4. The minimum Gasteiger partial charge on any atom is -0.464 e. The van der Waals surface area contributed by atoms with Crippen LogP contribution in [0.25, 0.3) is 0 Å². The zero-order valence-electron chi connectivity index (χ0n) is 8.98. The van der Waals surface area contributed by atoms with Gasteiger partial charge >= 0.3 is 5.97 Å². The second-order valence-electron chi connectivity index (χ2n) is 3.25. The summed E-state index contributed by atoms with van der Waals surface area (Å²) in [4.78, 5) is 26.6. The van der Waals surface area contributed by atoms with Gasteiger partial charge in [0, 0.05) is 6.20 Å². The van der Waals surface area contributed by atoms with Crippen molar-refractivity contribution in [3.05, 3.63) is 27.4 Å². The number of ether oxygens (including phenoxy) is 1. The van der Waals surface area contributed by atoms with E-state index in [4.69, 9.17) is 4.74 Å². The fourth-order valence-electron chi connectivity index (χ4n) is 1.05. The summed E-state index contributed by atoms with van der Waals surface area (Å²) in [5.41, 5.74) is -0.289. The van der Waals surface area contributed by atoms with E-state index in [0.29, 0.717) is 11.1 Å². The van der Waals surface area contributed by atoms with Crippen molar-refractivity contribution in [3.63, 3.8) is 0 Å². The zero-order valence-corrected chi connectivity index (χ0v) is 10.6. The van der Waals surface area contributed by atoms with Crippen LogP contribution in [0.4, 0.5) is 0 Å².